The molecule has 2 heterocycles. The highest BCUT2D eigenvalue weighted by atomic mass is 32.2. The van der Waals surface area contributed by atoms with Crippen LogP contribution in [0.1, 0.15) is 52.9 Å². The third kappa shape index (κ3) is 7.20. The number of carbonyl (C=O) groups excluding carboxylic acids is 3. The molecule has 13 heteroatoms. The van der Waals surface area contributed by atoms with Gasteiger partial charge in [-0.1, -0.05) is 57.2 Å². The number of amides is 3. The topological polar surface area (TPSA) is 170 Å². The van der Waals surface area contributed by atoms with Crippen LogP contribution in [0.2, 0.25) is 0 Å². The number of sulfonamides is 1. The largest absolute Gasteiger partial charge is 0.497 e. The van der Waals surface area contributed by atoms with Crippen LogP contribution in [0.15, 0.2) is 67.3 Å². The standard InChI is InChI=1S/C37H45N5O7S/c1-6-23-20-37(23,35(45)41-50(46,47)27-13-14-27)40-32(43)17-24-16-26(21-42(24)34(44)33(38)36(2,3)4)49-31-19-29(22-10-8-7-9-11-22)39-30-18-25(48-5)12-15-28(30)31/h6-12,15,18-19,23-24,26-27,33H,1,13-14,16-17,20-21,38H2,2-5H3,(H,40,43)(H,41,45)/t23-,24+,26-,33-,37-/m1/s1. The summed E-state index contributed by atoms with van der Waals surface area (Å²) in [6.45, 7) is 9.58. The number of nitrogens with two attached hydrogens (primary N) is 1. The zero-order valence-corrected chi connectivity index (χ0v) is 29.7. The van der Waals surface area contributed by atoms with Gasteiger partial charge >= 0.3 is 0 Å². The van der Waals surface area contributed by atoms with Gasteiger partial charge < -0.3 is 25.4 Å². The van der Waals surface area contributed by atoms with E-state index in [0.29, 0.717) is 42.0 Å². The number of pyridine rings is 1. The van der Waals surface area contributed by atoms with E-state index in [1.807, 2.05) is 75.4 Å². The van der Waals surface area contributed by atoms with Crippen molar-refractivity contribution in [3.05, 3.63) is 67.3 Å². The second-order valence-corrected chi connectivity index (χ2v) is 16.6. The molecule has 2 aliphatic carbocycles. The zero-order valence-electron chi connectivity index (χ0n) is 28.8. The molecule has 6 rings (SSSR count). The molecule has 3 fully saturated rings. The van der Waals surface area contributed by atoms with E-state index in [-0.39, 0.29) is 25.3 Å². The van der Waals surface area contributed by atoms with Crippen molar-refractivity contribution in [2.75, 3.05) is 13.7 Å². The normalized spacial score (nSPS) is 23.9. The van der Waals surface area contributed by atoms with E-state index in [1.54, 1.807) is 18.1 Å². The van der Waals surface area contributed by atoms with Crippen molar-refractivity contribution in [3.8, 4) is 22.8 Å². The summed E-state index contributed by atoms with van der Waals surface area (Å²) in [5, 5.41) is 2.97. The minimum absolute atomic E-state index is 0.139. The molecule has 4 N–H and O–H groups in total. The molecule has 0 radical (unpaired) electrons. The second kappa shape index (κ2) is 13.3. The van der Waals surface area contributed by atoms with Gasteiger partial charge in [0.1, 0.15) is 23.1 Å². The van der Waals surface area contributed by atoms with E-state index in [4.69, 9.17) is 20.2 Å². The molecule has 3 aromatic rings. The van der Waals surface area contributed by atoms with Crippen molar-refractivity contribution in [3.63, 3.8) is 0 Å². The number of nitrogens with one attached hydrogen (secondary N) is 2. The van der Waals surface area contributed by atoms with Crippen molar-refractivity contribution in [2.45, 2.75) is 81.9 Å². The van der Waals surface area contributed by atoms with E-state index in [2.05, 4.69) is 16.6 Å². The fraction of sp³-hybridized carbons (Fsp3) is 0.459. The fourth-order valence-corrected chi connectivity index (χ4v) is 7.90. The van der Waals surface area contributed by atoms with Crippen LogP contribution in [0, 0.1) is 11.3 Å². The lowest BCUT2D eigenvalue weighted by Crippen LogP contribution is -2.54. The molecule has 12 nitrogen and oxygen atoms in total. The number of nitrogens with zero attached hydrogens (tertiary/aromatic N) is 2. The van der Waals surface area contributed by atoms with Gasteiger partial charge in [0.15, 0.2) is 0 Å². The van der Waals surface area contributed by atoms with Crippen molar-refractivity contribution in [1.29, 1.82) is 0 Å². The van der Waals surface area contributed by atoms with Crippen LogP contribution < -0.4 is 25.2 Å². The first-order chi connectivity index (χ1) is 23.6. The Morgan fingerprint density at radius 2 is 1.86 bits per heavy atom. The van der Waals surface area contributed by atoms with Crippen molar-refractivity contribution in [2.24, 2.45) is 17.1 Å². The highest BCUT2D eigenvalue weighted by Crippen LogP contribution is 2.45. The van der Waals surface area contributed by atoms with Crippen LogP contribution in [0.25, 0.3) is 22.2 Å². The molecule has 0 bridgehead atoms. The lowest BCUT2D eigenvalue weighted by molar-refractivity contribution is -0.137. The van der Waals surface area contributed by atoms with E-state index in [1.165, 1.54) is 0 Å². The van der Waals surface area contributed by atoms with Gasteiger partial charge in [0.05, 0.1) is 36.2 Å². The molecule has 1 aliphatic heterocycles. The number of likely N-dealkylation sites (tertiary alicyclic amines) is 1. The molecule has 266 valence electrons. The molecule has 0 unspecified atom stereocenters. The van der Waals surface area contributed by atoms with E-state index < -0.39 is 62.1 Å². The maximum Gasteiger partial charge on any atom is 0.259 e. The Morgan fingerprint density at radius 1 is 1.14 bits per heavy atom. The van der Waals surface area contributed by atoms with Crippen LogP contribution in [0.5, 0.6) is 11.5 Å². The highest BCUT2D eigenvalue weighted by Gasteiger charge is 2.61. The van der Waals surface area contributed by atoms with E-state index in [0.717, 1.165) is 10.9 Å². The van der Waals surface area contributed by atoms with Crippen LogP contribution in [0.3, 0.4) is 0 Å². The number of carbonyl (C=O) groups is 3. The molecule has 3 aliphatic rings. The summed E-state index contributed by atoms with van der Waals surface area (Å²) in [6, 6.07) is 15.7. The lowest BCUT2D eigenvalue weighted by Gasteiger charge is -2.33. The number of rotatable bonds is 12. The van der Waals surface area contributed by atoms with Crippen LogP contribution in [-0.4, -0.2) is 78.7 Å². The van der Waals surface area contributed by atoms with E-state index >= 15 is 0 Å². The molecule has 1 aromatic heterocycles. The Balaban J connectivity index is 1.26. The summed E-state index contributed by atoms with van der Waals surface area (Å²) in [7, 11) is -2.23. The fourth-order valence-electron chi connectivity index (χ4n) is 6.54. The first-order valence-electron chi connectivity index (χ1n) is 16.9. The summed E-state index contributed by atoms with van der Waals surface area (Å²) in [6.07, 6.45) is 2.44. The SMILES string of the molecule is C=C[C@@H]1C[C@]1(NC(=O)C[C@@H]1C[C@@H](Oc2cc(-c3ccccc3)nc3cc(OC)ccc23)CN1C(=O)[C@@H](N)C(C)(C)C)C(=O)NS(=O)(=O)C1CC1. The third-order valence-corrected chi connectivity index (χ3v) is 11.7. The molecular formula is C37H45N5O7S. The summed E-state index contributed by atoms with van der Waals surface area (Å²) < 4.78 is 39.4. The number of methoxy groups -OCH3 is 1. The van der Waals surface area contributed by atoms with Crippen LogP contribution >= 0.6 is 0 Å². The highest BCUT2D eigenvalue weighted by molar-refractivity contribution is 7.91. The van der Waals surface area contributed by atoms with Crippen LogP contribution in [0.4, 0.5) is 0 Å². The number of ether oxygens (including phenoxy) is 2. The number of fused-ring (bicyclic) bond motifs is 1. The Bertz CT molecular complexity index is 1930. The van der Waals surface area contributed by atoms with Crippen LogP contribution in [-0.2, 0) is 24.4 Å². The monoisotopic (exact) mass is 703 g/mol. The number of hydrogen-bond acceptors (Lipinski definition) is 9. The quantitative estimate of drug-likeness (QED) is 0.238. The second-order valence-electron chi connectivity index (χ2n) is 14.7. The van der Waals surface area contributed by atoms with E-state index in [9.17, 15) is 22.8 Å². The Hall–Kier alpha value is -4.49. The van der Waals surface area contributed by atoms with Gasteiger partial charge in [0.2, 0.25) is 21.8 Å². The number of hydrogen-bond donors (Lipinski definition) is 3. The van der Waals surface area contributed by atoms with Gasteiger partial charge in [-0.3, -0.25) is 19.1 Å². The summed E-state index contributed by atoms with van der Waals surface area (Å²) in [4.78, 5) is 47.3. The van der Waals surface area contributed by atoms with Gasteiger partial charge in [-0.2, -0.15) is 0 Å². The average Bonchev–Trinajstić information content (AvgIpc) is 4.01. The Labute approximate surface area is 292 Å². The predicted octanol–water partition coefficient (Wildman–Crippen LogP) is 3.69. The lowest BCUT2D eigenvalue weighted by atomic mass is 9.86. The third-order valence-electron chi connectivity index (χ3n) is 9.89. The molecule has 2 aromatic carbocycles. The van der Waals surface area contributed by atoms with Gasteiger partial charge in [-0.15, -0.1) is 6.58 Å². The molecular weight excluding hydrogens is 659 g/mol. The zero-order chi connectivity index (χ0) is 36.0. The molecule has 2 saturated carbocycles. The predicted molar refractivity (Wildman–Crippen MR) is 190 cm³/mol. The summed E-state index contributed by atoms with van der Waals surface area (Å²) in [5.41, 5.74) is 6.76. The van der Waals surface area contributed by atoms with Crippen molar-refractivity contribution >= 4 is 38.6 Å². The minimum atomic E-state index is -3.82. The Morgan fingerprint density at radius 3 is 2.48 bits per heavy atom. The van der Waals surface area contributed by atoms with Crippen molar-refractivity contribution in [1.82, 2.24) is 19.9 Å². The number of benzene rings is 2. The van der Waals surface area contributed by atoms with Gasteiger partial charge in [-0.25, -0.2) is 13.4 Å². The first kappa shape index (κ1) is 35.3. The molecule has 0 spiro atoms. The van der Waals surface area contributed by atoms with Gasteiger partial charge in [-0.05, 0) is 36.8 Å². The maximum atomic E-state index is 13.9. The van der Waals surface area contributed by atoms with Crippen molar-refractivity contribution < 1.29 is 32.3 Å². The molecule has 5 atom stereocenters. The first-order valence-corrected chi connectivity index (χ1v) is 18.5. The Kier molecular flexibility index (Phi) is 9.42. The minimum Gasteiger partial charge on any atom is -0.497 e. The van der Waals surface area contributed by atoms with Gasteiger partial charge in [0.25, 0.3) is 5.91 Å². The summed E-state index contributed by atoms with van der Waals surface area (Å²) >= 11 is 0. The smallest absolute Gasteiger partial charge is 0.259 e. The number of aromatic nitrogens is 1. The summed E-state index contributed by atoms with van der Waals surface area (Å²) in [5.74, 6) is -0.785. The average molecular weight is 704 g/mol. The molecule has 3 amide bonds. The maximum absolute atomic E-state index is 13.9. The molecule has 1 saturated heterocycles. The van der Waals surface area contributed by atoms with Gasteiger partial charge in [0, 0.05) is 47.9 Å². The molecule has 50 heavy (non-hydrogen) atoms.